The second-order valence-corrected chi connectivity index (χ2v) is 7.05. The summed E-state index contributed by atoms with van der Waals surface area (Å²) in [7, 11) is 1.38. The topological polar surface area (TPSA) is 55.7 Å². The van der Waals surface area contributed by atoms with E-state index < -0.39 is 5.92 Å². The summed E-state index contributed by atoms with van der Waals surface area (Å²) in [6.07, 6.45) is 2.16. The highest BCUT2D eigenvalue weighted by Crippen LogP contribution is 2.44. The van der Waals surface area contributed by atoms with Crippen molar-refractivity contribution in [1.82, 2.24) is 0 Å². The molecule has 2 aliphatic rings. The second-order valence-electron chi connectivity index (χ2n) is 5.89. The number of carbonyl (C=O) groups is 2. The molecule has 0 radical (unpaired) electrons. The molecule has 1 aromatic rings. The van der Waals surface area contributed by atoms with Gasteiger partial charge in [-0.15, -0.1) is 0 Å². The van der Waals surface area contributed by atoms with Crippen LogP contribution < -0.4 is 0 Å². The van der Waals surface area contributed by atoms with E-state index in [-0.39, 0.29) is 17.7 Å². The van der Waals surface area contributed by atoms with E-state index in [1.165, 1.54) is 7.11 Å². The van der Waals surface area contributed by atoms with Gasteiger partial charge in [0.2, 0.25) is 0 Å². The van der Waals surface area contributed by atoms with Crippen LogP contribution in [0.3, 0.4) is 0 Å². The molecule has 0 saturated carbocycles. The molecule has 0 N–H and O–H groups in total. The number of ether oxygens (including phenoxy) is 1. The van der Waals surface area contributed by atoms with E-state index in [0.717, 1.165) is 33.4 Å². The fourth-order valence-electron chi connectivity index (χ4n) is 3.50. The number of methoxy groups -OCH3 is 1. The highest BCUT2D eigenvalue weighted by atomic mass is 127. The predicted molar refractivity (Wildman–Crippen MR) is 96.4 cm³/mol. The van der Waals surface area contributed by atoms with Gasteiger partial charge in [-0.3, -0.25) is 14.6 Å². The average molecular weight is 423 g/mol. The van der Waals surface area contributed by atoms with Crippen LogP contribution in [-0.2, 0) is 14.3 Å². The van der Waals surface area contributed by atoms with Crippen LogP contribution in [0.25, 0.3) is 0 Å². The van der Waals surface area contributed by atoms with Gasteiger partial charge in [0.05, 0.1) is 7.11 Å². The molecule has 0 aromatic heterocycles. The van der Waals surface area contributed by atoms with Gasteiger partial charge < -0.3 is 4.74 Å². The number of ketones is 1. The summed E-state index contributed by atoms with van der Waals surface area (Å²) in [6, 6.07) is 7.90. The Morgan fingerprint density at radius 3 is 2.74 bits per heavy atom. The maximum absolute atomic E-state index is 12.6. The number of rotatable bonds is 2. The molecule has 0 saturated heterocycles. The zero-order valence-corrected chi connectivity index (χ0v) is 15.3. The minimum atomic E-state index is -0.531. The van der Waals surface area contributed by atoms with Gasteiger partial charge in [0.15, 0.2) is 5.78 Å². The van der Waals surface area contributed by atoms with Crippen LogP contribution in [0.5, 0.6) is 0 Å². The lowest BCUT2D eigenvalue weighted by molar-refractivity contribution is -0.143. The second kappa shape index (κ2) is 6.55. The van der Waals surface area contributed by atoms with Crippen molar-refractivity contribution in [2.45, 2.75) is 32.1 Å². The van der Waals surface area contributed by atoms with E-state index in [4.69, 9.17) is 4.74 Å². The van der Waals surface area contributed by atoms with Crippen molar-refractivity contribution in [3.8, 4) is 0 Å². The first-order valence-corrected chi connectivity index (χ1v) is 8.76. The van der Waals surface area contributed by atoms with E-state index in [1.54, 1.807) is 0 Å². The Morgan fingerprint density at radius 2 is 2.04 bits per heavy atom. The van der Waals surface area contributed by atoms with Crippen LogP contribution in [0.2, 0.25) is 0 Å². The summed E-state index contributed by atoms with van der Waals surface area (Å²) in [5, 5.41) is 0. The summed E-state index contributed by atoms with van der Waals surface area (Å²) in [5.41, 5.74) is 3.29. The number of hydrogen-bond donors (Lipinski definition) is 0. The summed E-state index contributed by atoms with van der Waals surface area (Å²) >= 11 is 2.26. The molecule has 4 nitrogen and oxygen atoms in total. The zero-order valence-electron chi connectivity index (χ0n) is 13.1. The Hall–Kier alpha value is -1.50. The fourth-order valence-corrected chi connectivity index (χ4v) is 4.22. The van der Waals surface area contributed by atoms with Crippen molar-refractivity contribution in [3.05, 3.63) is 44.7 Å². The normalized spacial score (nSPS) is 24.1. The molecule has 0 bridgehead atoms. The lowest BCUT2D eigenvalue weighted by Crippen LogP contribution is -2.37. The Labute approximate surface area is 149 Å². The minimum Gasteiger partial charge on any atom is -0.468 e. The van der Waals surface area contributed by atoms with Gasteiger partial charge in [-0.25, -0.2) is 0 Å². The molecule has 0 spiro atoms. The molecule has 1 heterocycles. The molecule has 1 aliphatic heterocycles. The number of nitrogens with zero attached hydrogens (tertiary/aromatic N) is 1. The maximum atomic E-state index is 12.6. The van der Waals surface area contributed by atoms with Gasteiger partial charge >= 0.3 is 5.97 Å². The Bertz CT molecular complexity index is 736. The lowest BCUT2D eigenvalue weighted by atomic mass is 9.72. The van der Waals surface area contributed by atoms with Crippen molar-refractivity contribution in [2.75, 3.05) is 7.11 Å². The molecular weight excluding hydrogens is 405 g/mol. The Kier molecular flexibility index (Phi) is 4.66. The molecule has 1 aromatic carbocycles. The summed E-state index contributed by atoms with van der Waals surface area (Å²) < 4.78 is 6.06. The molecule has 1 aliphatic carbocycles. The van der Waals surface area contributed by atoms with Crippen LogP contribution >= 0.6 is 22.6 Å². The SMILES string of the molecule is COC(=O)C1C(C)=NC2=C(C(=O)CCC2)[C@@H]1c1ccccc1I. The summed E-state index contributed by atoms with van der Waals surface area (Å²) in [6.45, 7) is 1.85. The average Bonchev–Trinajstić information content (AvgIpc) is 2.54. The smallest absolute Gasteiger partial charge is 0.315 e. The first kappa shape index (κ1) is 16.4. The van der Waals surface area contributed by atoms with E-state index in [2.05, 4.69) is 27.6 Å². The first-order valence-electron chi connectivity index (χ1n) is 7.68. The quantitative estimate of drug-likeness (QED) is 0.539. The third-order valence-corrected chi connectivity index (χ3v) is 5.51. The van der Waals surface area contributed by atoms with Gasteiger partial charge in [-0.1, -0.05) is 18.2 Å². The van der Waals surface area contributed by atoms with Crippen LogP contribution in [0.1, 0.15) is 37.7 Å². The van der Waals surface area contributed by atoms with Crippen LogP contribution in [0, 0.1) is 9.49 Å². The van der Waals surface area contributed by atoms with E-state index in [1.807, 2.05) is 31.2 Å². The van der Waals surface area contributed by atoms with E-state index in [9.17, 15) is 9.59 Å². The zero-order chi connectivity index (χ0) is 16.6. The van der Waals surface area contributed by atoms with E-state index >= 15 is 0 Å². The Balaban J connectivity index is 2.22. The highest BCUT2D eigenvalue weighted by Gasteiger charge is 2.43. The molecule has 3 rings (SSSR count). The Morgan fingerprint density at radius 1 is 1.30 bits per heavy atom. The number of allylic oxidation sites excluding steroid dienone is 2. The largest absolute Gasteiger partial charge is 0.468 e. The summed E-state index contributed by atoms with van der Waals surface area (Å²) in [5.74, 6) is -1.05. The van der Waals surface area contributed by atoms with Gasteiger partial charge in [-0.2, -0.15) is 0 Å². The van der Waals surface area contributed by atoms with Gasteiger partial charge in [0.25, 0.3) is 0 Å². The van der Waals surface area contributed by atoms with E-state index in [0.29, 0.717) is 12.0 Å². The molecule has 0 amide bonds. The monoisotopic (exact) mass is 423 g/mol. The fraction of sp³-hybridized carbons (Fsp3) is 0.389. The van der Waals surface area contributed by atoms with Crippen molar-refractivity contribution in [3.63, 3.8) is 0 Å². The van der Waals surface area contributed by atoms with Crippen molar-refractivity contribution in [2.24, 2.45) is 10.9 Å². The molecule has 2 atom stereocenters. The number of esters is 1. The predicted octanol–water partition coefficient (Wildman–Crippen LogP) is 3.65. The number of hydrogen-bond acceptors (Lipinski definition) is 4. The number of halogens is 1. The number of aliphatic imine (C=N–C) groups is 1. The first-order chi connectivity index (χ1) is 11.0. The molecule has 23 heavy (non-hydrogen) atoms. The number of benzene rings is 1. The van der Waals surface area contributed by atoms with Crippen molar-refractivity contribution >= 4 is 40.1 Å². The number of carbonyl (C=O) groups excluding carboxylic acids is 2. The van der Waals surface area contributed by atoms with Crippen molar-refractivity contribution < 1.29 is 14.3 Å². The number of Topliss-reactive ketones (excluding diaryl/α,β-unsaturated/α-hetero) is 1. The molecule has 0 fully saturated rings. The van der Waals surface area contributed by atoms with Crippen LogP contribution in [0.4, 0.5) is 0 Å². The van der Waals surface area contributed by atoms with Crippen LogP contribution in [-0.4, -0.2) is 24.6 Å². The van der Waals surface area contributed by atoms with Gasteiger partial charge in [0, 0.05) is 32.9 Å². The summed E-state index contributed by atoms with van der Waals surface area (Å²) in [4.78, 5) is 29.6. The molecular formula is C18H18INO3. The van der Waals surface area contributed by atoms with Gasteiger partial charge in [-0.05, 0) is 54.0 Å². The molecule has 5 heteroatoms. The van der Waals surface area contributed by atoms with Crippen molar-refractivity contribution in [1.29, 1.82) is 0 Å². The van der Waals surface area contributed by atoms with Crippen LogP contribution in [0.15, 0.2) is 40.5 Å². The standard InChI is InChI=1S/C18H18INO3/c1-10-15(18(22)23-2)16(11-6-3-4-7-12(11)19)17-13(20-10)8-5-9-14(17)21/h3-4,6-7,15-16H,5,8-9H2,1-2H3/t15?,16-/m1/s1. The third kappa shape index (κ3) is 2.86. The minimum absolute atomic E-state index is 0.112. The maximum Gasteiger partial charge on any atom is 0.315 e. The lowest BCUT2D eigenvalue weighted by Gasteiger charge is -2.34. The third-order valence-electron chi connectivity index (χ3n) is 4.53. The molecule has 1 unspecified atom stereocenters. The highest BCUT2D eigenvalue weighted by molar-refractivity contribution is 14.1. The van der Waals surface area contributed by atoms with Gasteiger partial charge in [0.1, 0.15) is 5.92 Å². The molecule has 120 valence electrons.